The Hall–Kier alpha value is -1.97. The molecule has 1 aromatic heterocycles. The highest BCUT2D eigenvalue weighted by Gasteiger charge is 2.10. The first-order valence-electron chi connectivity index (χ1n) is 6.74. The molecule has 0 fully saturated rings. The summed E-state index contributed by atoms with van der Waals surface area (Å²) in [6.07, 6.45) is 4.46. The summed E-state index contributed by atoms with van der Waals surface area (Å²) in [5, 5.41) is 3.52. The van der Waals surface area contributed by atoms with E-state index in [2.05, 4.69) is 31.1 Å². The van der Waals surface area contributed by atoms with E-state index in [0.29, 0.717) is 12.0 Å². The monoisotopic (exact) mass is 259 g/mol. The van der Waals surface area contributed by atoms with E-state index in [4.69, 9.17) is 0 Å². The number of rotatable bonds is 5. The Kier molecular flexibility index (Phi) is 4.10. The third kappa shape index (κ3) is 3.08. The first-order valence-corrected chi connectivity index (χ1v) is 6.74. The number of hydrogen-bond acceptors (Lipinski definition) is 2. The van der Waals surface area contributed by atoms with Gasteiger partial charge in [0.2, 0.25) is 0 Å². The fourth-order valence-electron chi connectivity index (χ4n) is 2.20. The second-order valence-corrected chi connectivity index (χ2v) is 5.09. The molecule has 4 heteroatoms. The number of nitrogens with zero attached hydrogens (tertiary/aromatic N) is 1. The lowest BCUT2D eigenvalue weighted by Gasteiger charge is -2.22. The lowest BCUT2D eigenvalue weighted by molar-refractivity contribution is 0.511. The van der Waals surface area contributed by atoms with Crippen LogP contribution in [0.5, 0.6) is 0 Å². The van der Waals surface area contributed by atoms with Crippen molar-refractivity contribution in [2.45, 2.75) is 33.2 Å². The molecule has 0 aliphatic rings. The molecule has 4 nitrogen and oxygen atoms in total. The predicted molar refractivity (Wildman–Crippen MR) is 78.9 cm³/mol. The minimum atomic E-state index is -0.116. The normalized spacial score (nSPS) is 12.6. The third-order valence-electron chi connectivity index (χ3n) is 3.39. The van der Waals surface area contributed by atoms with Gasteiger partial charge in [0.1, 0.15) is 0 Å². The Bertz CT molecular complexity index is 566. The molecule has 1 aromatic carbocycles. The second kappa shape index (κ2) is 5.78. The molecule has 2 aromatic rings. The molecule has 2 rings (SSSR count). The van der Waals surface area contributed by atoms with Crippen molar-refractivity contribution in [1.29, 1.82) is 0 Å². The number of aromatic amines is 1. The molecule has 102 valence electrons. The van der Waals surface area contributed by atoms with Gasteiger partial charge in [0, 0.05) is 24.1 Å². The average Bonchev–Trinajstić information content (AvgIpc) is 2.82. The smallest absolute Gasteiger partial charge is 0.330 e. The van der Waals surface area contributed by atoms with Gasteiger partial charge in [0.05, 0.1) is 5.69 Å². The zero-order valence-corrected chi connectivity index (χ0v) is 11.7. The van der Waals surface area contributed by atoms with Crippen LogP contribution < -0.4 is 11.0 Å². The SMILES string of the molecule is CCC(Nc1ccc(-n2cc[nH]c2=O)cc1)C(C)C. The lowest BCUT2D eigenvalue weighted by Crippen LogP contribution is -2.24. The van der Waals surface area contributed by atoms with Crippen molar-refractivity contribution >= 4 is 5.69 Å². The molecule has 19 heavy (non-hydrogen) atoms. The van der Waals surface area contributed by atoms with Crippen LogP contribution in [-0.2, 0) is 0 Å². The van der Waals surface area contributed by atoms with E-state index >= 15 is 0 Å². The first-order chi connectivity index (χ1) is 9.11. The highest BCUT2D eigenvalue weighted by molar-refractivity contribution is 5.49. The zero-order valence-electron chi connectivity index (χ0n) is 11.7. The van der Waals surface area contributed by atoms with Gasteiger partial charge in [0.15, 0.2) is 0 Å². The number of benzene rings is 1. The van der Waals surface area contributed by atoms with Gasteiger partial charge in [-0.1, -0.05) is 20.8 Å². The van der Waals surface area contributed by atoms with Crippen LogP contribution in [0.4, 0.5) is 5.69 Å². The summed E-state index contributed by atoms with van der Waals surface area (Å²) in [4.78, 5) is 14.1. The highest BCUT2D eigenvalue weighted by atomic mass is 16.1. The van der Waals surface area contributed by atoms with Crippen LogP contribution in [0.15, 0.2) is 41.5 Å². The average molecular weight is 259 g/mol. The van der Waals surface area contributed by atoms with Crippen LogP contribution in [0.2, 0.25) is 0 Å². The standard InChI is InChI=1S/C15H21N3O/c1-4-14(11(2)3)17-12-5-7-13(8-6-12)18-10-9-16-15(18)19/h5-11,14,17H,4H2,1-3H3,(H,16,19). The molecule has 0 bridgehead atoms. The van der Waals surface area contributed by atoms with Crippen molar-refractivity contribution in [2.24, 2.45) is 5.92 Å². The highest BCUT2D eigenvalue weighted by Crippen LogP contribution is 2.17. The van der Waals surface area contributed by atoms with Crippen LogP contribution in [0.1, 0.15) is 27.2 Å². The molecule has 0 aliphatic carbocycles. The van der Waals surface area contributed by atoms with Gasteiger partial charge >= 0.3 is 5.69 Å². The number of nitrogens with one attached hydrogen (secondary N) is 2. The summed E-state index contributed by atoms with van der Waals surface area (Å²) in [5.41, 5.74) is 1.84. The molecular weight excluding hydrogens is 238 g/mol. The quantitative estimate of drug-likeness (QED) is 0.867. The van der Waals surface area contributed by atoms with E-state index in [-0.39, 0.29) is 5.69 Å². The van der Waals surface area contributed by atoms with E-state index in [1.807, 2.05) is 24.3 Å². The van der Waals surface area contributed by atoms with E-state index in [1.165, 1.54) is 0 Å². The summed E-state index contributed by atoms with van der Waals surface area (Å²) < 4.78 is 1.59. The maximum Gasteiger partial charge on any atom is 0.330 e. The first kappa shape index (κ1) is 13.5. The largest absolute Gasteiger partial charge is 0.382 e. The van der Waals surface area contributed by atoms with Gasteiger partial charge in [-0.3, -0.25) is 4.57 Å². The molecule has 1 atom stereocenters. The van der Waals surface area contributed by atoms with Crippen LogP contribution in [0, 0.1) is 5.92 Å². The molecule has 0 saturated carbocycles. The van der Waals surface area contributed by atoms with Crippen molar-refractivity contribution in [3.63, 3.8) is 0 Å². The van der Waals surface area contributed by atoms with Gasteiger partial charge < -0.3 is 10.3 Å². The molecule has 0 spiro atoms. The number of H-pyrrole nitrogens is 1. The molecule has 0 saturated heterocycles. The molecule has 0 aliphatic heterocycles. The molecule has 0 radical (unpaired) electrons. The molecular formula is C15H21N3O. The van der Waals surface area contributed by atoms with E-state index in [9.17, 15) is 4.79 Å². The molecule has 2 N–H and O–H groups in total. The molecule has 1 heterocycles. The molecule has 0 amide bonds. The minimum absolute atomic E-state index is 0.116. The van der Waals surface area contributed by atoms with Crippen molar-refractivity contribution in [1.82, 2.24) is 9.55 Å². The van der Waals surface area contributed by atoms with Crippen molar-refractivity contribution in [2.75, 3.05) is 5.32 Å². The Balaban J connectivity index is 2.15. The minimum Gasteiger partial charge on any atom is -0.382 e. The van der Waals surface area contributed by atoms with E-state index < -0.39 is 0 Å². The summed E-state index contributed by atoms with van der Waals surface area (Å²) >= 11 is 0. The Morgan fingerprint density at radius 1 is 1.26 bits per heavy atom. The maximum absolute atomic E-state index is 11.5. The van der Waals surface area contributed by atoms with Gasteiger partial charge in [0.25, 0.3) is 0 Å². The number of imidazole rings is 1. The Morgan fingerprint density at radius 3 is 2.42 bits per heavy atom. The topological polar surface area (TPSA) is 49.8 Å². The van der Waals surface area contributed by atoms with Gasteiger partial charge in [-0.25, -0.2) is 4.79 Å². The summed E-state index contributed by atoms with van der Waals surface area (Å²) in [6.45, 7) is 6.62. The van der Waals surface area contributed by atoms with Crippen LogP contribution in [0.3, 0.4) is 0 Å². The van der Waals surface area contributed by atoms with E-state index in [1.54, 1.807) is 17.0 Å². The van der Waals surface area contributed by atoms with Crippen molar-refractivity contribution in [3.05, 3.63) is 47.1 Å². The van der Waals surface area contributed by atoms with Crippen LogP contribution >= 0.6 is 0 Å². The van der Waals surface area contributed by atoms with Crippen LogP contribution in [-0.4, -0.2) is 15.6 Å². The number of aromatic nitrogens is 2. The fraction of sp³-hybridized carbons (Fsp3) is 0.400. The van der Waals surface area contributed by atoms with Crippen LogP contribution in [0.25, 0.3) is 5.69 Å². The zero-order chi connectivity index (χ0) is 13.8. The summed E-state index contributed by atoms with van der Waals surface area (Å²) in [5.74, 6) is 0.594. The van der Waals surface area contributed by atoms with Gasteiger partial charge in [-0.2, -0.15) is 0 Å². The van der Waals surface area contributed by atoms with Crippen molar-refractivity contribution in [3.8, 4) is 5.69 Å². The summed E-state index contributed by atoms with van der Waals surface area (Å²) in [7, 11) is 0. The maximum atomic E-state index is 11.5. The van der Waals surface area contributed by atoms with Gasteiger partial charge in [-0.15, -0.1) is 0 Å². The Labute approximate surface area is 113 Å². The fourth-order valence-corrected chi connectivity index (χ4v) is 2.20. The predicted octanol–water partition coefficient (Wildman–Crippen LogP) is 3.01. The Morgan fingerprint density at radius 2 is 1.95 bits per heavy atom. The molecule has 1 unspecified atom stereocenters. The second-order valence-electron chi connectivity index (χ2n) is 5.09. The lowest BCUT2D eigenvalue weighted by atomic mass is 10.0. The van der Waals surface area contributed by atoms with E-state index in [0.717, 1.165) is 17.8 Å². The van der Waals surface area contributed by atoms with Gasteiger partial charge in [-0.05, 0) is 36.6 Å². The van der Waals surface area contributed by atoms with Crippen molar-refractivity contribution < 1.29 is 0 Å². The summed E-state index contributed by atoms with van der Waals surface area (Å²) in [6, 6.07) is 8.40. The number of hydrogen-bond donors (Lipinski definition) is 2. The third-order valence-corrected chi connectivity index (χ3v) is 3.39. The number of anilines is 1.